The fourth-order valence-corrected chi connectivity index (χ4v) is 5.90. The van der Waals surface area contributed by atoms with Gasteiger partial charge in [-0.25, -0.2) is 0 Å². The molecule has 7 nitrogen and oxygen atoms in total. The van der Waals surface area contributed by atoms with Crippen molar-refractivity contribution >= 4 is 54.8 Å². The molecular formula is C36H24B3NO6. The first-order chi connectivity index (χ1) is 22.7. The molecule has 0 aromatic heterocycles. The first-order valence-electron chi connectivity index (χ1n) is 15.1. The molecule has 0 unspecified atom stereocenters. The van der Waals surface area contributed by atoms with Crippen molar-refractivity contribution in [2.75, 3.05) is 4.90 Å². The maximum Gasteiger partial charge on any atom is 0.632 e. The minimum atomic E-state index is -0.496. The highest BCUT2D eigenvalue weighted by Gasteiger charge is 2.36. The predicted octanol–water partition coefficient (Wildman–Crippen LogP) is 5.66. The van der Waals surface area contributed by atoms with Crippen LogP contribution in [0, 0.1) is 0 Å². The lowest BCUT2D eigenvalue weighted by Gasteiger charge is -2.26. The van der Waals surface area contributed by atoms with E-state index in [-0.39, 0.29) is 0 Å². The molecule has 46 heavy (non-hydrogen) atoms. The normalized spacial score (nSPS) is 13.7. The SMILES string of the molecule is c1ccc2c(c1)OB(c1ccc(N(c3ccc(B4Oc5ccccc5O4)cc3)c3ccc(B4Oc5ccccc5O4)cc3)cc1)O2. The van der Waals surface area contributed by atoms with Crippen LogP contribution in [0.15, 0.2) is 146 Å². The number of benzene rings is 6. The van der Waals surface area contributed by atoms with Gasteiger partial charge in [-0.1, -0.05) is 72.8 Å². The molecule has 3 heterocycles. The highest BCUT2D eigenvalue weighted by atomic mass is 16.6. The summed E-state index contributed by atoms with van der Waals surface area (Å²) in [6.07, 6.45) is 0. The summed E-state index contributed by atoms with van der Waals surface area (Å²) in [5.74, 6) is 4.47. The van der Waals surface area contributed by atoms with E-state index in [0.29, 0.717) is 0 Å². The Bertz CT molecular complexity index is 1730. The van der Waals surface area contributed by atoms with E-state index in [0.717, 1.165) is 67.9 Å². The molecule has 0 radical (unpaired) electrons. The van der Waals surface area contributed by atoms with Gasteiger partial charge in [-0.2, -0.15) is 0 Å². The smallest absolute Gasteiger partial charge is 0.519 e. The standard InChI is InChI=1S/C36H24B3NO6/c1-2-8-32-31(7-1)41-37(42-32)25-13-19-28(20-14-25)40(29-21-15-26(16-22-29)38-43-33-9-3-4-10-34(33)44-38)30-23-17-27(18-24-30)39-45-35-11-5-6-12-36(35)46-39/h1-24H. The summed E-state index contributed by atoms with van der Waals surface area (Å²) in [5.41, 5.74) is 5.70. The Hall–Kier alpha value is -5.89. The fourth-order valence-electron chi connectivity index (χ4n) is 5.90. The predicted molar refractivity (Wildman–Crippen MR) is 180 cm³/mol. The minimum Gasteiger partial charge on any atom is -0.519 e. The molecule has 0 saturated heterocycles. The quantitative estimate of drug-likeness (QED) is 0.230. The van der Waals surface area contributed by atoms with Crippen LogP contribution in [0.5, 0.6) is 34.5 Å². The Morgan fingerprint density at radius 2 is 0.500 bits per heavy atom. The second kappa shape index (κ2) is 10.9. The molecule has 0 fully saturated rings. The number of fused-ring (bicyclic) bond motifs is 3. The number of rotatable bonds is 6. The molecule has 0 atom stereocenters. The van der Waals surface area contributed by atoms with Gasteiger partial charge in [0.1, 0.15) is 34.5 Å². The molecule has 0 aliphatic carbocycles. The van der Waals surface area contributed by atoms with Crippen LogP contribution in [0.25, 0.3) is 0 Å². The molecule has 0 spiro atoms. The zero-order valence-electron chi connectivity index (χ0n) is 24.5. The van der Waals surface area contributed by atoms with Gasteiger partial charge in [0.2, 0.25) is 0 Å². The average molecular weight is 599 g/mol. The number of para-hydroxylation sites is 6. The van der Waals surface area contributed by atoms with Gasteiger partial charge in [-0.3, -0.25) is 0 Å². The van der Waals surface area contributed by atoms with E-state index in [1.807, 2.05) is 109 Å². The zero-order chi connectivity index (χ0) is 30.5. The van der Waals surface area contributed by atoms with E-state index in [1.165, 1.54) is 0 Å². The van der Waals surface area contributed by atoms with Crippen LogP contribution >= 0.6 is 0 Å². The van der Waals surface area contributed by atoms with Gasteiger partial charge in [0, 0.05) is 33.5 Å². The van der Waals surface area contributed by atoms with E-state index >= 15 is 0 Å². The molecule has 3 aliphatic heterocycles. The Morgan fingerprint density at radius 1 is 0.283 bits per heavy atom. The van der Waals surface area contributed by atoms with Gasteiger partial charge >= 0.3 is 21.4 Å². The molecule has 6 aromatic rings. The molecule has 0 N–H and O–H groups in total. The first kappa shape index (κ1) is 26.5. The van der Waals surface area contributed by atoms with Gasteiger partial charge in [0.25, 0.3) is 0 Å². The Balaban J connectivity index is 1.01. The Kier molecular flexibility index (Phi) is 6.30. The number of hydrogen-bond donors (Lipinski definition) is 0. The number of nitrogens with zero attached hydrogens (tertiary/aromatic N) is 1. The molecule has 0 bridgehead atoms. The molecule has 0 amide bonds. The summed E-state index contributed by atoms with van der Waals surface area (Å²) in [5, 5.41) is 0. The lowest BCUT2D eigenvalue weighted by molar-refractivity contribution is 0.518. The van der Waals surface area contributed by atoms with Gasteiger partial charge < -0.3 is 32.8 Å². The van der Waals surface area contributed by atoms with Crippen molar-refractivity contribution in [2.24, 2.45) is 0 Å². The maximum absolute atomic E-state index is 6.05. The summed E-state index contributed by atoms with van der Waals surface area (Å²) >= 11 is 0. The van der Waals surface area contributed by atoms with Gasteiger partial charge in [0.05, 0.1) is 0 Å². The largest absolute Gasteiger partial charge is 0.632 e. The minimum absolute atomic E-state index is 0.496. The summed E-state index contributed by atoms with van der Waals surface area (Å²) in [6, 6.07) is 47.8. The lowest BCUT2D eigenvalue weighted by atomic mass is 9.79. The fraction of sp³-hybridized carbons (Fsp3) is 0. The monoisotopic (exact) mass is 599 g/mol. The van der Waals surface area contributed by atoms with Crippen molar-refractivity contribution < 1.29 is 27.9 Å². The molecule has 10 heteroatoms. The number of hydrogen-bond acceptors (Lipinski definition) is 7. The zero-order valence-corrected chi connectivity index (χ0v) is 24.5. The third-order valence-electron chi connectivity index (χ3n) is 8.22. The Labute approximate surface area is 267 Å². The molecular weight excluding hydrogens is 575 g/mol. The molecule has 0 saturated carbocycles. The highest BCUT2D eigenvalue weighted by Crippen LogP contribution is 2.37. The molecule has 9 rings (SSSR count). The topological polar surface area (TPSA) is 58.6 Å². The van der Waals surface area contributed by atoms with Crippen molar-refractivity contribution in [1.29, 1.82) is 0 Å². The highest BCUT2D eigenvalue weighted by molar-refractivity contribution is 6.64. The van der Waals surface area contributed by atoms with Crippen molar-refractivity contribution in [3.05, 3.63) is 146 Å². The molecule has 3 aliphatic rings. The molecule has 6 aromatic carbocycles. The van der Waals surface area contributed by atoms with Gasteiger partial charge in [-0.15, -0.1) is 0 Å². The van der Waals surface area contributed by atoms with Crippen LogP contribution in [0.3, 0.4) is 0 Å². The van der Waals surface area contributed by atoms with Crippen molar-refractivity contribution in [2.45, 2.75) is 0 Å². The maximum atomic E-state index is 6.05. The van der Waals surface area contributed by atoms with Crippen LogP contribution in [0.1, 0.15) is 0 Å². The van der Waals surface area contributed by atoms with Crippen molar-refractivity contribution in [1.82, 2.24) is 0 Å². The first-order valence-corrected chi connectivity index (χ1v) is 15.1. The van der Waals surface area contributed by atoms with Gasteiger partial charge in [-0.05, 0) is 72.8 Å². The van der Waals surface area contributed by atoms with E-state index < -0.39 is 21.4 Å². The second-order valence-electron chi connectivity index (χ2n) is 11.2. The van der Waals surface area contributed by atoms with E-state index in [9.17, 15) is 0 Å². The summed E-state index contributed by atoms with van der Waals surface area (Å²) < 4.78 is 36.3. The van der Waals surface area contributed by atoms with Crippen LogP contribution in [0.4, 0.5) is 17.1 Å². The van der Waals surface area contributed by atoms with E-state index in [2.05, 4.69) is 41.3 Å². The van der Waals surface area contributed by atoms with Crippen LogP contribution in [-0.2, 0) is 0 Å². The van der Waals surface area contributed by atoms with Gasteiger partial charge in [0.15, 0.2) is 0 Å². The average Bonchev–Trinajstić information content (AvgIpc) is 3.86. The second-order valence-corrected chi connectivity index (χ2v) is 11.2. The van der Waals surface area contributed by atoms with Crippen molar-refractivity contribution in [3.63, 3.8) is 0 Å². The Morgan fingerprint density at radius 3 is 0.717 bits per heavy atom. The van der Waals surface area contributed by atoms with Crippen molar-refractivity contribution in [3.8, 4) is 34.5 Å². The lowest BCUT2D eigenvalue weighted by Crippen LogP contribution is -2.39. The van der Waals surface area contributed by atoms with Crippen LogP contribution < -0.4 is 49.2 Å². The third-order valence-corrected chi connectivity index (χ3v) is 8.22. The van der Waals surface area contributed by atoms with E-state index in [4.69, 9.17) is 27.9 Å². The summed E-state index contributed by atoms with van der Waals surface area (Å²) in [4.78, 5) is 2.19. The summed E-state index contributed by atoms with van der Waals surface area (Å²) in [6.45, 7) is 0. The number of anilines is 3. The molecule has 218 valence electrons. The van der Waals surface area contributed by atoms with Crippen LogP contribution in [0.2, 0.25) is 0 Å². The summed E-state index contributed by atoms with van der Waals surface area (Å²) in [7, 11) is -1.49. The van der Waals surface area contributed by atoms with Crippen LogP contribution in [-0.4, -0.2) is 21.4 Å². The van der Waals surface area contributed by atoms with E-state index in [1.54, 1.807) is 0 Å². The third kappa shape index (κ3) is 4.75.